The molecule has 1 aromatic carbocycles. The molecule has 1 aromatic heterocycles. The standard InChI is InChI=1S/C20H19N3O3S/c24-18-16-6-1-13(9-17(16)19(25)23(18)15-4-5-15)21-20(26)22(14-2-3-14)10-12-7-8-27-11-12/h1,6-9,11,14-15H,2-5,10H2,(H,21,26). The third-order valence-electron chi connectivity index (χ3n) is 5.26. The molecule has 7 heteroatoms. The summed E-state index contributed by atoms with van der Waals surface area (Å²) < 4.78 is 0. The average Bonchev–Trinajstić information content (AvgIpc) is 3.59. The summed E-state index contributed by atoms with van der Waals surface area (Å²) in [7, 11) is 0. The fourth-order valence-corrected chi connectivity index (χ4v) is 4.19. The van der Waals surface area contributed by atoms with Gasteiger partial charge in [0.1, 0.15) is 0 Å². The molecular weight excluding hydrogens is 362 g/mol. The van der Waals surface area contributed by atoms with Crippen LogP contribution < -0.4 is 5.32 Å². The van der Waals surface area contributed by atoms with Gasteiger partial charge in [0.2, 0.25) is 0 Å². The van der Waals surface area contributed by atoms with E-state index in [-0.39, 0.29) is 29.9 Å². The van der Waals surface area contributed by atoms with E-state index in [4.69, 9.17) is 0 Å². The fourth-order valence-electron chi connectivity index (χ4n) is 3.53. The van der Waals surface area contributed by atoms with Crippen LogP contribution in [0.25, 0.3) is 0 Å². The molecule has 0 atom stereocenters. The van der Waals surface area contributed by atoms with Crippen LogP contribution in [0.5, 0.6) is 0 Å². The van der Waals surface area contributed by atoms with E-state index < -0.39 is 0 Å². The van der Waals surface area contributed by atoms with Gasteiger partial charge in [-0.1, -0.05) is 0 Å². The molecule has 0 bridgehead atoms. The normalized spacial score (nSPS) is 18.6. The number of nitrogens with one attached hydrogen (secondary N) is 1. The molecule has 3 aliphatic rings. The summed E-state index contributed by atoms with van der Waals surface area (Å²) in [6.45, 7) is 0.581. The van der Waals surface area contributed by atoms with Crippen LogP contribution in [0.4, 0.5) is 10.5 Å². The summed E-state index contributed by atoms with van der Waals surface area (Å²) in [5.74, 6) is -0.460. The summed E-state index contributed by atoms with van der Waals surface area (Å²) in [5, 5.41) is 6.97. The lowest BCUT2D eigenvalue weighted by atomic mass is 10.1. The third-order valence-corrected chi connectivity index (χ3v) is 5.99. The number of thiophene rings is 1. The smallest absolute Gasteiger partial charge is 0.317 e. The minimum Gasteiger partial charge on any atom is -0.317 e. The van der Waals surface area contributed by atoms with Crippen molar-refractivity contribution >= 4 is 34.9 Å². The topological polar surface area (TPSA) is 69.7 Å². The number of carbonyl (C=O) groups excluding carboxylic acids is 3. The number of hydrogen-bond acceptors (Lipinski definition) is 4. The maximum Gasteiger partial charge on any atom is 0.322 e. The van der Waals surface area contributed by atoms with Crippen molar-refractivity contribution in [2.75, 3.05) is 5.32 Å². The van der Waals surface area contributed by atoms with Crippen LogP contribution in [0.2, 0.25) is 0 Å². The number of urea groups is 1. The molecule has 27 heavy (non-hydrogen) atoms. The summed E-state index contributed by atoms with van der Waals surface area (Å²) in [6, 6.07) is 7.16. The van der Waals surface area contributed by atoms with Crippen LogP contribution in [-0.2, 0) is 6.54 Å². The Morgan fingerprint density at radius 2 is 1.89 bits per heavy atom. The van der Waals surface area contributed by atoms with Crippen molar-refractivity contribution < 1.29 is 14.4 Å². The zero-order valence-corrected chi connectivity index (χ0v) is 15.5. The maximum atomic E-state index is 12.8. The van der Waals surface area contributed by atoms with Gasteiger partial charge < -0.3 is 10.2 Å². The molecule has 0 radical (unpaired) electrons. The minimum absolute atomic E-state index is 0.0476. The molecule has 0 saturated heterocycles. The summed E-state index contributed by atoms with van der Waals surface area (Å²) in [6.07, 6.45) is 3.80. The van der Waals surface area contributed by atoms with Gasteiger partial charge in [-0.15, -0.1) is 0 Å². The van der Waals surface area contributed by atoms with Crippen LogP contribution in [0.15, 0.2) is 35.0 Å². The highest BCUT2D eigenvalue weighted by atomic mass is 32.1. The van der Waals surface area contributed by atoms with Crippen molar-refractivity contribution in [2.24, 2.45) is 0 Å². The van der Waals surface area contributed by atoms with Crippen LogP contribution >= 0.6 is 11.3 Å². The van der Waals surface area contributed by atoms with E-state index in [2.05, 4.69) is 10.7 Å². The van der Waals surface area contributed by atoms with Gasteiger partial charge in [0.25, 0.3) is 11.8 Å². The second-order valence-corrected chi connectivity index (χ2v) is 8.17. The highest BCUT2D eigenvalue weighted by Gasteiger charge is 2.44. The fraction of sp³-hybridized carbons (Fsp3) is 0.350. The Bertz CT molecular complexity index is 932. The van der Waals surface area contributed by atoms with E-state index in [0.717, 1.165) is 31.2 Å². The zero-order chi connectivity index (χ0) is 18.5. The number of hydrogen-bond donors (Lipinski definition) is 1. The molecule has 2 heterocycles. The maximum absolute atomic E-state index is 12.8. The van der Waals surface area contributed by atoms with E-state index in [1.807, 2.05) is 16.3 Å². The van der Waals surface area contributed by atoms with Gasteiger partial charge in [-0.2, -0.15) is 11.3 Å². The van der Waals surface area contributed by atoms with Crippen molar-refractivity contribution in [2.45, 2.75) is 44.3 Å². The summed E-state index contributed by atoms with van der Waals surface area (Å²) in [4.78, 5) is 41.0. The first kappa shape index (κ1) is 16.5. The highest BCUT2D eigenvalue weighted by Crippen LogP contribution is 2.36. The number of anilines is 1. The monoisotopic (exact) mass is 381 g/mol. The molecule has 5 rings (SSSR count). The van der Waals surface area contributed by atoms with Crippen molar-refractivity contribution in [1.82, 2.24) is 9.80 Å². The number of benzene rings is 1. The number of amides is 4. The lowest BCUT2D eigenvalue weighted by Gasteiger charge is -2.22. The van der Waals surface area contributed by atoms with Gasteiger partial charge in [-0.05, 0) is 66.3 Å². The molecule has 2 aliphatic carbocycles. The second kappa shape index (κ2) is 6.20. The van der Waals surface area contributed by atoms with Gasteiger partial charge in [0.15, 0.2) is 0 Å². The van der Waals surface area contributed by atoms with E-state index in [1.54, 1.807) is 29.5 Å². The van der Waals surface area contributed by atoms with Crippen molar-refractivity contribution in [1.29, 1.82) is 0 Å². The Morgan fingerprint density at radius 3 is 2.56 bits per heavy atom. The average molecular weight is 381 g/mol. The Morgan fingerprint density at radius 1 is 1.11 bits per heavy atom. The van der Waals surface area contributed by atoms with Gasteiger partial charge >= 0.3 is 6.03 Å². The predicted octanol–water partition coefficient (Wildman–Crippen LogP) is 3.70. The molecule has 1 N–H and O–H groups in total. The molecule has 6 nitrogen and oxygen atoms in total. The molecular formula is C20H19N3O3S. The number of nitrogens with zero attached hydrogens (tertiary/aromatic N) is 2. The quantitative estimate of drug-likeness (QED) is 0.803. The molecule has 2 fully saturated rings. The van der Waals surface area contributed by atoms with Gasteiger partial charge in [-0.25, -0.2) is 4.79 Å². The molecule has 1 aliphatic heterocycles. The van der Waals surface area contributed by atoms with Crippen LogP contribution in [0, 0.1) is 0 Å². The highest BCUT2D eigenvalue weighted by molar-refractivity contribution is 7.07. The van der Waals surface area contributed by atoms with Crippen molar-refractivity contribution in [3.8, 4) is 0 Å². The Balaban J connectivity index is 1.34. The first-order valence-electron chi connectivity index (χ1n) is 9.22. The zero-order valence-electron chi connectivity index (χ0n) is 14.7. The van der Waals surface area contributed by atoms with Gasteiger partial charge in [0, 0.05) is 24.3 Å². The largest absolute Gasteiger partial charge is 0.322 e. The van der Waals surface area contributed by atoms with Crippen molar-refractivity contribution in [3.05, 3.63) is 51.7 Å². The molecule has 138 valence electrons. The predicted molar refractivity (Wildman–Crippen MR) is 102 cm³/mol. The first-order valence-corrected chi connectivity index (χ1v) is 10.2. The third kappa shape index (κ3) is 3.02. The SMILES string of the molecule is O=C(Nc1ccc2c(c1)C(=O)N(C1CC1)C2=O)N(Cc1ccsc1)C1CC1. The Labute approximate surface area is 160 Å². The van der Waals surface area contributed by atoms with Gasteiger partial charge in [0.05, 0.1) is 11.1 Å². The minimum atomic E-state index is -0.245. The Kier molecular flexibility index (Phi) is 3.79. The lowest BCUT2D eigenvalue weighted by Crippen LogP contribution is -2.36. The molecule has 2 aromatic rings. The van der Waals surface area contributed by atoms with Crippen LogP contribution in [-0.4, -0.2) is 39.7 Å². The number of imide groups is 1. The van der Waals surface area contributed by atoms with Crippen LogP contribution in [0.3, 0.4) is 0 Å². The Hall–Kier alpha value is -2.67. The number of carbonyl (C=O) groups is 3. The van der Waals surface area contributed by atoms with Crippen molar-refractivity contribution in [3.63, 3.8) is 0 Å². The van der Waals surface area contributed by atoms with E-state index in [1.165, 1.54) is 4.90 Å². The molecule has 0 spiro atoms. The summed E-state index contributed by atoms with van der Waals surface area (Å²) >= 11 is 1.62. The van der Waals surface area contributed by atoms with Crippen LogP contribution in [0.1, 0.15) is 52.0 Å². The van der Waals surface area contributed by atoms with E-state index in [0.29, 0.717) is 23.4 Å². The molecule has 0 unspecified atom stereocenters. The van der Waals surface area contributed by atoms with Gasteiger partial charge in [-0.3, -0.25) is 14.5 Å². The van der Waals surface area contributed by atoms with E-state index in [9.17, 15) is 14.4 Å². The van der Waals surface area contributed by atoms with E-state index >= 15 is 0 Å². The first-order chi connectivity index (χ1) is 13.1. The molecule has 2 saturated carbocycles. The summed E-state index contributed by atoms with van der Waals surface area (Å²) in [5.41, 5.74) is 2.49. The second-order valence-electron chi connectivity index (χ2n) is 7.39. The lowest BCUT2D eigenvalue weighted by molar-refractivity contribution is 0.0642. The number of fused-ring (bicyclic) bond motifs is 1. The number of rotatable bonds is 5. The molecule has 4 amide bonds.